The number of rotatable bonds is 1. The van der Waals surface area contributed by atoms with Gasteiger partial charge in [0, 0.05) is 22.2 Å². The summed E-state index contributed by atoms with van der Waals surface area (Å²) in [5.74, 6) is 0.894. The van der Waals surface area contributed by atoms with Crippen molar-refractivity contribution in [3.05, 3.63) is 53.6 Å². The number of hydrogen-bond acceptors (Lipinski definition) is 3. The fourth-order valence-corrected chi connectivity index (χ4v) is 3.15. The number of pyridine rings is 1. The summed E-state index contributed by atoms with van der Waals surface area (Å²) >= 11 is 0. The van der Waals surface area contributed by atoms with Crippen LogP contribution >= 0.6 is 0 Å². The number of aryl methyl sites for hydroxylation is 1. The Bertz CT molecular complexity index is 855. The van der Waals surface area contributed by atoms with Gasteiger partial charge in [-0.25, -0.2) is 4.98 Å². The average molecular weight is 276 g/mol. The second-order valence-corrected chi connectivity index (χ2v) is 5.39. The summed E-state index contributed by atoms with van der Waals surface area (Å²) in [5.41, 5.74) is 12.9. The Morgan fingerprint density at radius 1 is 1.10 bits per heavy atom. The zero-order valence-corrected chi connectivity index (χ0v) is 11.9. The van der Waals surface area contributed by atoms with E-state index in [1.165, 1.54) is 16.7 Å². The molecule has 0 fully saturated rings. The van der Waals surface area contributed by atoms with E-state index in [1.54, 1.807) is 7.11 Å². The lowest BCUT2D eigenvalue weighted by molar-refractivity contribution is 0.414. The number of benzene rings is 2. The number of fused-ring (bicyclic) bond motifs is 4. The van der Waals surface area contributed by atoms with Crippen molar-refractivity contribution in [2.45, 2.75) is 12.8 Å². The molecule has 0 spiro atoms. The van der Waals surface area contributed by atoms with Crippen molar-refractivity contribution < 1.29 is 4.74 Å². The van der Waals surface area contributed by atoms with Gasteiger partial charge in [0.1, 0.15) is 5.75 Å². The van der Waals surface area contributed by atoms with Crippen molar-refractivity contribution >= 4 is 16.6 Å². The third-order valence-corrected chi connectivity index (χ3v) is 4.25. The van der Waals surface area contributed by atoms with Gasteiger partial charge in [-0.2, -0.15) is 0 Å². The lowest BCUT2D eigenvalue weighted by atomic mass is 9.87. The van der Waals surface area contributed by atoms with E-state index in [0.717, 1.165) is 40.9 Å². The Hall–Kier alpha value is -2.55. The van der Waals surface area contributed by atoms with Gasteiger partial charge < -0.3 is 10.5 Å². The number of aromatic nitrogens is 1. The zero-order chi connectivity index (χ0) is 14.4. The predicted octanol–water partition coefficient (Wildman–Crippen LogP) is 3.59. The largest absolute Gasteiger partial charge is 0.497 e. The maximum absolute atomic E-state index is 6.39. The van der Waals surface area contributed by atoms with Crippen molar-refractivity contribution in [2.75, 3.05) is 12.8 Å². The first-order valence-electron chi connectivity index (χ1n) is 7.12. The molecule has 0 unspecified atom stereocenters. The lowest BCUT2D eigenvalue weighted by Crippen LogP contribution is -2.09. The van der Waals surface area contributed by atoms with E-state index in [4.69, 9.17) is 15.5 Å². The second-order valence-electron chi connectivity index (χ2n) is 5.39. The molecule has 2 N–H and O–H groups in total. The Labute approximate surface area is 123 Å². The van der Waals surface area contributed by atoms with Crippen LogP contribution in [0.15, 0.2) is 42.5 Å². The highest BCUT2D eigenvalue weighted by molar-refractivity contribution is 5.96. The fraction of sp³-hybridized carbons (Fsp3) is 0.167. The van der Waals surface area contributed by atoms with Gasteiger partial charge in [0.25, 0.3) is 0 Å². The highest BCUT2D eigenvalue weighted by Gasteiger charge is 2.21. The van der Waals surface area contributed by atoms with Crippen LogP contribution in [0.2, 0.25) is 0 Å². The summed E-state index contributed by atoms with van der Waals surface area (Å²) in [4.78, 5) is 4.85. The minimum Gasteiger partial charge on any atom is -0.497 e. The number of nitrogens with two attached hydrogens (primary N) is 1. The van der Waals surface area contributed by atoms with Crippen molar-refractivity contribution in [3.8, 4) is 17.0 Å². The molecule has 0 atom stereocenters. The Morgan fingerprint density at radius 2 is 1.95 bits per heavy atom. The molecule has 0 aliphatic heterocycles. The number of ether oxygens (including phenoxy) is 1. The minimum atomic E-state index is 0.872. The molecule has 0 saturated carbocycles. The zero-order valence-electron chi connectivity index (χ0n) is 11.9. The molecule has 3 nitrogen and oxygen atoms in total. The molecule has 3 aromatic rings. The Kier molecular flexibility index (Phi) is 2.61. The molecule has 0 amide bonds. The van der Waals surface area contributed by atoms with Crippen LogP contribution in [0, 0.1) is 0 Å². The van der Waals surface area contributed by atoms with Crippen LogP contribution in [0.5, 0.6) is 5.75 Å². The molecular weight excluding hydrogens is 260 g/mol. The average Bonchev–Trinajstić information content (AvgIpc) is 2.54. The van der Waals surface area contributed by atoms with Crippen LogP contribution in [0.3, 0.4) is 0 Å². The molecule has 1 aromatic heterocycles. The smallest absolute Gasteiger partial charge is 0.119 e. The third kappa shape index (κ3) is 1.77. The topological polar surface area (TPSA) is 48.1 Å². The third-order valence-electron chi connectivity index (χ3n) is 4.25. The van der Waals surface area contributed by atoms with Crippen LogP contribution in [-0.4, -0.2) is 12.1 Å². The Balaban J connectivity index is 2.02. The normalized spacial score (nSPS) is 12.8. The van der Waals surface area contributed by atoms with Crippen LogP contribution in [0.4, 0.5) is 5.69 Å². The highest BCUT2D eigenvalue weighted by atomic mass is 16.5. The van der Waals surface area contributed by atoms with E-state index in [0.29, 0.717) is 0 Å². The van der Waals surface area contributed by atoms with E-state index < -0.39 is 0 Å². The number of nitrogens with zero attached hydrogens (tertiary/aromatic N) is 1. The molecular formula is C18H16N2O. The molecule has 21 heavy (non-hydrogen) atoms. The molecule has 1 aliphatic rings. The van der Waals surface area contributed by atoms with Crippen molar-refractivity contribution in [3.63, 3.8) is 0 Å². The number of para-hydroxylation sites is 1. The highest BCUT2D eigenvalue weighted by Crippen LogP contribution is 2.39. The van der Waals surface area contributed by atoms with Gasteiger partial charge in [-0.3, -0.25) is 0 Å². The number of methoxy groups -OCH3 is 1. The fourth-order valence-electron chi connectivity index (χ4n) is 3.15. The molecule has 104 valence electrons. The molecule has 1 heterocycles. The first-order chi connectivity index (χ1) is 10.3. The maximum atomic E-state index is 6.39. The summed E-state index contributed by atoms with van der Waals surface area (Å²) in [6.45, 7) is 0. The molecule has 3 heteroatoms. The summed E-state index contributed by atoms with van der Waals surface area (Å²) in [6.07, 6.45) is 1.91. The first kappa shape index (κ1) is 12.2. The number of hydrogen-bond donors (Lipinski definition) is 1. The van der Waals surface area contributed by atoms with Crippen molar-refractivity contribution in [2.24, 2.45) is 0 Å². The summed E-state index contributed by atoms with van der Waals surface area (Å²) in [6, 6.07) is 14.2. The van der Waals surface area contributed by atoms with Gasteiger partial charge in [-0.05, 0) is 42.7 Å². The van der Waals surface area contributed by atoms with Crippen LogP contribution < -0.4 is 10.5 Å². The van der Waals surface area contributed by atoms with Gasteiger partial charge in [-0.15, -0.1) is 0 Å². The van der Waals surface area contributed by atoms with E-state index in [-0.39, 0.29) is 0 Å². The lowest BCUT2D eigenvalue weighted by Gasteiger charge is -2.22. The Morgan fingerprint density at radius 3 is 2.81 bits per heavy atom. The standard InChI is InChI=1S/C18H16N2O/c1-21-12-7-9-13-11(10-12)6-8-15-17(19)14-4-2-3-5-16(14)20-18(13)15/h2-5,7,9-10H,6,8H2,1H3,(H2,19,20). The number of anilines is 1. The molecule has 0 radical (unpaired) electrons. The van der Waals surface area contributed by atoms with Gasteiger partial charge >= 0.3 is 0 Å². The van der Waals surface area contributed by atoms with Gasteiger partial charge in [0.2, 0.25) is 0 Å². The first-order valence-corrected chi connectivity index (χ1v) is 7.12. The maximum Gasteiger partial charge on any atom is 0.119 e. The molecule has 2 aromatic carbocycles. The monoisotopic (exact) mass is 276 g/mol. The number of nitrogen functional groups attached to an aromatic ring is 1. The molecule has 1 aliphatic carbocycles. The van der Waals surface area contributed by atoms with Crippen molar-refractivity contribution in [1.82, 2.24) is 4.98 Å². The molecule has 0 bridgehead atoms. The summed E-state index contributed by atoms with van der Waals surface area (Å²) in [5, 5.41) is 1.05. The van der Waals surface area contributed by atoms with Crippen LogP contribution in [0.1, 0.15) is 11.1 Å². The summed E-state index contributed by atoms with van der Waals surface area (Å²) in [7, 11) is 1.70. The predicted molar refractivity (Wildman–Crippen MR) is 85.6 cm³/mol. The van der Waals surface area contributed by atoms with Crippen LogP contribution in [-0.2, 0) is 12.8 Å². The SMILES string of the molecule is COc1ccc2c(c1)CCc1c-2nc2ccccc2c1N. The van der Waals surface area contributed by atoms with Gasteiger partial charge in [0.05, 0.1) is 18.3 Å². The van der Waals surface area contributed by atoms with Gasteiger partial charge in [-0.1, -0.05) is 18.2 Å². The van der Waals surface area contributed by atoms with Gasteiger partial charge in [0.15, 0.2) is 0 Å². The van der Waals surface area contributed by atoms with Crippen LogP contribution in [0.25, 0.3) is 22.2 Å². The second kappa shape index (κ2) is 4.48. The molecule has 0 saturated heterocycles. The van der Waals surface area contributed by atoms with E-state index in [2.05, 4.69) is 12.1 Å². The van der Waals surface area contributed by atoms with E-state index in [9.17, 15) is 0 Å². The minimum absolute atomic E-state index is 0.872. The molecule has 4 rings (SSSR count). The quantitative estimate of drug-likeness (QED) is 0.739. The van der Waals surface area contributed by atoms with Crippen molar-refractivity contribution in [1.29, 1.82) is 0 Å². The van der Waals surface area contributed by atoms with E-state index >= 15 is 0 Å². The summed E-state index contributed by atoms with van der Waals surface area (Å²) < 4.78 is 5.32. The van der Waals surface area contributed by atoms with E-state index in [1.807, 2.05) is 30.3 Å².